The van der Waals surface area contributed by atoms with E-state index in [1.165, 1.54) is 19.2 Å². The number of rotatable bonds is 4. The van der Waals surface area contributed by atoms with Crippen LogP contribution in [0, 0.1) is 11.6 Å². The van der Waals surface area contributed by atoms with Gasteiger partial charge in [-0.1, -0.05) is 0 Å². The van der Waals surface area contributed by atoms with Crippen LogP contribution in [0.4, 0.5) is 8.78 Å². The number of carbonyl (C=O) groups is 2. The van der Waals surface area contributed by atoms with Crippen LogP contribution in [0.1, 0.15) is 60.9 Å². The number of carbonyl (C=O) groups excluding carboxylic acids is 2. The average Bonchev–Trinajstić information content (AvgIpc) is 2.93. The van der Waals surface area contributed by atoms with Crippen molar-refractivity contribution in [3.05, 3.63) is 52.6 Å². The van der Waals surface area contributed by atoms with Gasteiger partial charge in [-0.3, -0.25) is 0 Å². The van der Waals surface area contributed by atoms with E-state index < -0.39 is 40.3 Å². The fraction of sp³-hybridized carbons (Fsp3) is 0.391. The molecule has 1 heterocycles. The van der Waals surface area contributed by atoms with Crippen molar-refractivity contribution >= 4 is 11.9 Å². The van der Waals surface area contributed by atoms with E-state index in [-0.39, 0.29) is 17.1 Å². The molecule has 0 radical (unpaired) electrons. The zero-order chi connectivity index (χ0) is 23.1. The maximum atomic E-state index is 14.6. The summed E-state index contributed by atoms with van der Waals surface area (Å²) < 4.78 is 50.5. The lowest BCUT2D eigenvalue weighted by molar-refractivity contribution is 0.00592. The molecule has 31 heavy (non-hydrogen) atoms. The Balaban J connectivity index is 1.99. The predicted molar refractivity (Wildman–Crippen MR) is 108 cm³/mol. The highest BCUT2D eigenvalue weighted by Gasteiger charge is 2.34. The van der Waals surface area contributed by atoms with Gasteiger partial charge in [0.15, 0.2) is 0 Å². The molecule has 1 aliphatic rings. The van der Waals surface area contributed by atoms with E-state index >= 15 is 0 Å². The van der Waals surface area contributed by atoms with Crippen LogP contribution in [0.2, 0.25) is 0 Å². The molecule has 0 atom stereocenters. The molecular formula is C23H24F2O6. The Hall–Kier alpha value is -3.16. The lowest BCUT2D eigenvalue weighted by Gasteiger charge is -2.20. The molecule has 0 bridgehead atoms. The Morgan fingerprint density at radius 2 is 1.65 bits per heavy atom. The molecule has 8 heteroatoms. The van der Waals surface area contributed by atoms with Crippen molar-refractivity contribution in [2.75, 3.05) is 7.11 Å². The molecule has 0 saturated heterocycles. The lowest BCUT2D eigenvalue weighted by atomic mass is 9.99. The van der Waals surface area contributed by atoms with Gasteiger partial charge in [-0.05, 0) is 46.8 Å². The largest absolute Gasteiger partial charge is 0.487 e. The van der Waals surface area contributed by atoms with E-state index in [2.05, 4.69) is 0 Å². The van der Waals surface area contributed by atoms with Crippen LogP contribution in [-0.4, -0.2) is 30.3 Å². The number of benzene rings is 2. The van der Waals surface area contributed by atoms with Gasteiger partial charge in [0.05, 0.1) is 12.7 Å². The fourth-order valence-electron chi connectivity index (χ4n) is 3.23. The SMILES string of the molecule is COC(=O)c1cc(Oc2cc(F)c(C(=O)OC(C)(C)C)c(F)c2)c2c(c1)OC(C)(C)C2. The molecule has 0 N–H and O–H groups in total. The monoisotopic (exact) mass is 434 g/mol. The molecule has 0 aliphatic carbocycles. The quantitative estimate of drug-likeness (QED) is 0.615. The van der Waals surface area contributed by atoms with Crippen LogP contribution >= 0.6 is 0 Å². The minimum Gasteiger partial charge on any atom is -0.487 e. The third-order valence-electron chi connectivity index (χ3n) is 4.42. The molecule has 0 fully saturated rings. The first-order valence-corrected chi connectivity index (χ1v) is 9.64. The van der Waals surface area contributed by atoms with E-state index in [1.807, 2.05) is 13.8 Å². The van der Waals surface area contributed by atoms with Crippen LogP contribution in [0.5, 0.6) is 17.2 Å². The van der Waals surface area contributed by atoms with Crippen molar-refractivity contribution in [3.8, 4) is 17.2 Å². The zero-order valence-corrected chi connectivity index (χ0v) is 18.2. The molecule has 1 aliphatic heterocycles. The number of esters is 2. The van der Waals surface area contributed by atoms with Gasteiger partial charge in [0.1, 0.15) is 45.6 Å². The van der Waals surface area contributed by atoms with Gasteiger partial charge in [-0.25, -0.2) is 18.4 Å². The summed E-state index contributed by atoms with van der Waals surface area (Å²) in [6.07, 6.45) is 0.458. The summed E-state index contributed by atoms with van der Waals surface area (Å²) in [5.74, 6) is -3.53. The lowest BCUT2D eigenvalue weighted by Crippen LogP contribution is -2.25. The highest BCUT2D eigenvalue weighted by molar-refractivity contribution is 5.91. The smallest absolute Gasteiger partial charge is 0.344 e. The molecule has 6 nitrogen and oxygen atoms in total. The number of halogens is 2. The molecular weight excluding hydrogens is 410 g/mol. The molecule has 2 aromatic carbocycles. The van der Waals surface area contributed by atoms with Crippen molar-refractivity contribution < 1.29 is 37.3 Å². The van der Waals surface area contributed by atoms with Gasteiger partial charge in [-0.15, -0.1) is 0 Å². The summed E-state index contributed by atoms with van der Waals surface area (Å²) >= 11 is 0. The Morgan fingerprint density at radius 3 is 2.19 bits per heavy atom. The second kappa shape index (κ2) is 7.83. The molecule has 3 rings (SSSR count). The van der Waals surface area contributed by atoms with Gasteiger partial charge in [0.2, 0.25) is 0 Å². The molecule has 0 saturated carbocycles. The molecule has 0 spiro atoms. The first kappa shape index (κ1) is 22.5. The number of fused-ring (bicyclic) bond motifs is 1. The number of hydrogen-bond donors (Lipinski definition) is 0. The molecule has 0 aromatic heterocycles. The maximum Gasteiger partial charge on any atom is 0.344 e. The first-order valence-electron chi connectivity index (χ1n) is 9.64. The normalized spacial score (nSPS) is 14.5. The summed E-state index contributed by atoms with van der Waals surface area (Å²) in [5.41, 5.74) is -1.45. The van der Waals surface area contributed by atoms with Gasteiger partial charge >= 0.3 is 11.9 Å². The second-order valence-corrected chi connectivity index (χ2v) is 8.85. The third kappa shape index (κ3) is 4.95. The molecule has 2 aromatic rings. The van der Waals surface area contributed by atoms with Gasteiger partial charge < -0.3 is 18.9 Å². The van der Waals surface area contributed by atoms with Crippen LogP contribution in [-0.2, 0) is 15.9 Å². The molecule has 0 amide bonds. The van der Waals surface area contributed by atoms with E-state index in [4.69, 9.17) is 18.9 Å². The minimum atomic E-state index is -1.12. The highest BCUT2D eigenvalue weighted by atomic mass is 19.1. The number of methoxy groups -OCH3 is 1. The van der Waals surface area contributed by atoms with E-state index in [9.17, 15) is 18.4 Å². The number of hydrogen-bond acceptors (Lipinski definition) is 6. The van der Waals surface area contributed by atoms with Gasteiger partial charge in [0.25, 0.3) is 0 Å². The Bertz CT molecular complexity index is 1030. The summed E-state index contributed by atoms with van der Waals surface area (Å²) in [4.78, 5) is 24.2. The first-order chi connectivity index (χ1) is 14.3. The van der Waals surface area contributed by atoms with Crippen LogP contribution in [0.3, 0.4) is 0 Å². The average molecular weight is 434 g/mol. The summed E-state index contributed by atoms with van der Waals surface area (Å²) in [5, 5.41) is 0. The van der Waals surface area contributed by atoms with Crippen molar-refractivity contribution in [1.82, 2.24) is 0 Å². The Labute approximate surface area is 179 Å². The van der Waals surface area contributed by atoms with Crippen LogP contribution < -0.4 is 9.47 Å². The van der Waals surface area contributed by atoms with Crippen molar-refractivity contribution in [2.24, 2.45) is 0 Å². The predicted octanol–water partition coefficient (Wildman–Crippen LogP) is 5.21. The van der Waals surface area contributed by atoms with Gasteiger partial charge in [-0.2, -0.15) is 0 Å². The van der Waals surface area contributed by atoms with Crippen LogP contribution in [0.15, 0.2) is 24.3 Å². The van der Waals surface area contributed by atoms with Crippen molar-refractivity contribution in [3.63, 3.8) is 0 Å². The Kier molecular flexibility index (Phi) is 5.69. The molecule has 0 unspecified atom stereocenters. The standard InChI is InChI=1S/C23H24F2O6/c1-22(2,3)31-21(27)19-15(24)9-13(10-16(19)25)29-17-7-12(20(26)28-6)8-18-14(17)11-23(4,5)30-18/h7-10H,11H2,1-6H3. The highest BCUT2D eigenvalue weighted by Crippen LogP contribution is 2.43. The summed E-state index contributed by atoms with van der Waals surface area (Å²) in [6, 6.07) is 4.74. The second-order valence-electron chi connectivity index (χ2n) is 8.85. The van der Waals surface area contributed by atoms with Gasteiger partial charge in [0, 0.05) is 24.1 Å². The summed E-state index contributed by atoms with van der Waals surface area (Å²) in [6.45, 7) is 8.51. The number of ether oxygens (including phenoxy) is 4. The fourth-order valence-corrected chi connectivity index (χ4v) is 3.23. The Morgan fingerprint density at radius 1 is 1.03 bits per heavy atom. The van der Waals surface area contributed by atoms with Crippen molar-refractivity contribution in [1.29, 1.82) is 0 Å². The van der Waals surface area contributed by atoms with E-state index in [0.29, 0.717) is 17.7 Å². The molecule has 166 valence electrons. The minimum absolute atomic E-state index is 0.167. The van der Waals surface area contributed by atoms with Crippen molar-refractivity contribution in [2.45, 2.75) is 52.2 Å². The topological polar surface area (TPSA) is 71.1 Å². The zero-order valence-electron chi connectivity index (χ0n) is 18.2. The summed E-state index contributed by atoms with van der Waals surface area (Å²) in [7, 11) is 1.24. The van der Waals surface area contributed by atoms with Crippen LogP contribution in [0.25, 0.3) is 0 Å². The third-order valence-corrected chi connectivity index (χ3v) is 4.42. The maximum absolute atomic E-state index is 14.6. The van der Waals surface area contributed by atoms with E-state index in [0.717, 1.165) is 12.1 Å². The van der Waals surface area contributed by atoms with E-state index in [1.54, 1.807) is 20.8 Å².